The van der Waals surface area contributed by atoms with E-state index < -0.39 is 0 Å². The Hall–Kier alpha value is -0.0900. The second-order valence-electron chi connectivity index (χ2n) is 6.82. The van der Waals surface area contributed by atoms with E-state index in [0.29, 0.717) is 5.41 Å². The first kappa shape index (κ1) is 15.3. The van der Waals surface area contributed by atoms with Gasteiger partial charge in [-0.3, -0.25) is 0 Å². The Kier molecular flexibility index (Phi) is 5.29. The number of nitrogens with one attached hydrogen (secondary N) is 1. The van der Waals surface area contributed by atoms with Gasteiger partial charge in [0.2, 0.25) is 0 Å². The molecule has 0 spiro atoms. The molecule has 1 nitrogen and oxygen atoms in total. The minimum absolute atomic E-state index is 0.526. The predicted molar refractivity (Wildman–Crippen MR) is 91.4 cm³/mol. The fourth-order valence-electron chi connectivity index (χ4n) is 3.48. The van der Waals surface area contributed by atoms with Crippen molar-refractivity contribution >= 4 is 22.6 Å². The highest BCUT2D eigenvalue weighted by molar-refractivity contribution is 14.1. The van der Waals surface area contributed by atoms with Crippen LogP contribution in [0.2, 0.25) is 0 Å². The third kappa shape index (κ3) is 4.45. The Morgan fingerprint density at radius 1 is 1.21 bits per heavy atom. The topological polar surface area (TPSA) is 12.0 Å². The predicted octanol–water partition coefficient (Wildman–Crippen LogP) is 4.50. The van der Waals surface area contributed by atoms with Crippen molar-refractivity contribution in [1.82, 2.24) is 5.32 Å². The SMILES string of the molecule is CNCC1CCC(C)(C)CC1Cc1ccc(I)cc1. The first-order valence-corrected chi connectivity index (χ1v) is 8.47. The lowest BCUT2D eigenvalue weighted by Crippen LogP contribution is -2.36. The molecule has 0 aliphatic heterocycles. The molecule has 1 N–H and O–H groups in total. The van der Waals surface area contributed by atoms with E-state index in [1.54, 1.807) is 0 Å². The van der Waals surface area contributed by atoms with Gasteiger partial charge in [0, 0.05) is 3.57 Å². The summed E-state index contributed by atoms with van der Waals surface area (Å²) >= 11 is 2.38. The van der Waals surface area contributed by atoms with Crippen LogP contribution in [0, 0.1) is 20.8 Å². The van der Waals surface area contributed by atoms with E-state index in [1.165, 1.54) is 41.4 Å². The zero-order valence-corrected chi connectivity index (χ0v) is 14.5. The van der Waals surface area contributed by atoms with Crippen molar-refractivity contribution in [2.24, 2.45) is 17.3 Å². The summed E-state index contributed by atoms with van der Waals surface area (Å²) in [5.74, 6) is 1.67. The normalized spacial score (nSPS) is 26.3. The van der Waals surface area contributed by atoms with Crippen molar-refractivity contribution < 1.29 is 0 Å². The number of benzene rings is 1. The van der Waals surface area contributed by atoms with Crippen LogP contribution in [0.1, 0.15) is 38.7 Å². The van der Waals surface area contributed by atoms with Crippen LogP contribution >= 0.6 is 22.6 Å². The molecule has 0 radical (unpaired) electrons. The van der Waals surface area contributed by atoms with Crippen LogP contribution in [0.3, 0.4) is 0 Å². The monoisotopic (exact) mass is 371 g/mol. The molecule has 1 fully saturated rings. The molecule has 106 valence electrons. The van der Waals surface area contributed by atoms with E-state index in [-0.39, 0.29) is 0 Å². The van der Waals surface area contributed by atoms with E-state index in [4.69, 9.17) is 0 Å². The molecule has 2 rings (SSSR count). The summed E-state index contributed by atoms with van der Waals surface area (Å²) in [4.78, 5) is 0. The highest BCUT2D eigenvalue weighted by atomic mass is 127. The molecule has 2 unspecified atom stereocenters. The average molecular weight is 371 g/mol. The zero-order chi connectivity index (χ0) is 13.9. The second kappa shape index (κ2) is 6.57. The summed E-state index contributed by atoms with van der Waals surface area (Å²) in [5.41, 5.74) is 2.03. The van der Waals surface area contributed by atoms with Gasteiger partial charge in [-0.1, -0.05) is 26.0 Å². The smallest absolute Gasteiger partial charge is 0.0130 e. The van der Waals surface area contributed by atoms with E-state index >= 15 is 0 Å². The largest absolute Gasteiger partial charge is 0.319 e. The molecule has 2 atom stereocenters. The van der Waals surface area contributed by atoms with E-state index in [1.807, 2.05) is 0 Å². The molecule has 1 aliphatic carbocycles. The van der Waals surface area contributed by atoms with Crippen molar-refractivity contribution in [2.75, 3.05) is 13.6 Å². The van der Waals surface area contributed by atoms with Crippen LogP contribution in [0.25, 0.3) is 0 Å². The van der Waals surface area contributed by atoms with Gasteiger partial charge in [0.25, 0.3) is 0 Å². The highest BCUT2D eigenvalue weighted by Crippen LogP contribution is 2.42. The fraction of sp³-hybridized carbons (Fsp3) is 0.647. The molecule has 0 saturated heterocycles. The first-order chi connectivity index (χ1) is 9.00. The van der Waals surface area contributed by atoms with Gasteiger partial charge in [-0.2, -0.15) is 0 Å². The molecule has 1 aromatic carbocycles. The van der Waals surface area contributed by atoms with Gasteiger partial charge in [0.05, 0.1) is 0 Å². The standard InChI is InChI=1S/C17H26IN/c1-17(2)9-8-14(12-19-3)15(11-17)10-13-4-6-16(18)7-5-13/h4-7,14-15,19H,8-12H2,1-3H3. The van der Waals surface area contributed by atoms with Gasteiger partial charge < -0.3 is 5.32 Å². The van der Waals surface area contributed by atoms with Crippen LogP contribution in [0.5, 0.6) is 0 Å². The maximum absolute atomic E-state index is 3.39. The maximum Gasteiger partial charge on any atom is 0.0130 e. The summed E-state index contributed by atoms with van der Waals surface area (Å²) in [6.07, 6.45) is 5.36. The molecule has 2 heteroatoms. The lowest BCUT2D eigenvalue weighted by Gasteiger charge is -2.41. The molecule has 1 aliphatic rings. The number of rotatable bonds is 4. The minimum atomic E-state index is 0.526. The molecule has 1 aromatic rings. The molecular formula is C17H26IN. The maximum atomic E-state index is 3.39. The van der Waals surface area contributed by atoms with E-state index in [0.717, 1.165) is 11.8 Å². The third-order valence-electron chi connectivity index (χ3n) is 4.55. The van der Waals surface area contributed by atoms with Crippen LogP contribution < -0.4 is 5.32 Å². The molecular weight excluding hydrogens is 345 g/mol. The minimum Gasteiger partial charge on any atom is -0.319 e. The number of hydrogen-bond donors (Lipinski definition) is 1. The summed E-state index contributed by atoms with van der Waals surface area (Å²) in [6.45, 7) is 6.04. The van der Waals surface area contributed by atoms with Crippen molar-refractivity contribution in [2.45, 2.75) is 39.5 Å². The lowest BCUT2D eigenvalue weighted by molar-refractivity contribution is 0.117. The van der Waals surface area contributed by atoms with Gasteiger partial charge in [-0.15, -0.1) is 0 Å². The Morgan fingerprint density at radius 2 is 1.89 bits per heavy atom. The fourth-order valence-corrected chi connectivity index (χ4v) is 3.84. The Labute approximate surface area is 131 Å². The van der Waals surface area contributed by atoms with Crippen molar-refractivity contribution in [3.8, 4) is 0 Å². The molecule has 0 bridgehead atoms. The van der Waals surface area contributed by atoms with Crippen molar-refractivity contribution in [3.63, 3.8) is 0 Å². The number of halogens is 1. The highest BCUT2D eigenvalue weighted by Gasteiger charge is 2.34. The number of hydrogen-bond acceptors (Lipinski definition) is 1. The summed E-state index contributed by atoms with van der Waals surface area (Å²) < 4.78 is 1.33. The van der Waals surface area contributed by atoms with Gasteiger partial charge in [-0.05, 0) is 96.8 Å². The lowest BCUT2D eigenvalue weighted by atomic mass is 9.65. The molecule has 19 heavy (non-hydrogen) atoms. The molecule has 0 heterocycles. The molecule has 0 aromatic heterocycles. The third-order valence-corrected chi connectivity index (χ3v) is 5.27. The van der Waals surface area contributed by atoms with Gasteiger partial charge in [-0.25, -0.2) is 0 Å². The van der Waals surface area contributed by atoms with Crippen LogP contribution in [0.4, 0.5) is 0 Å². The Balaban J connectivity index is 2.06. The first-order valence-electron chi connectivity index (χ1n) is 7.39. The van der Waals surface area contributed by atoms with Gasteiger partial charge in [0.1, 0.15) is 0 Å². The van der Waals surface area contributed by atoms with Crippen LogP contribution in [-0.2, 0) is 6.42 Å². The second-order valence-corrected chi connectivity index (χ2v) is 8.06. The average Bonchev–Trinajstić information content (AvgIpc) is 2.35. The van der Waals surface area contributed by atoms with Gasteiger partial charge >= 0.3 is 0 Å². The molecule has 1 saturated carbocycles. The van der Waals surface area contributed by atoms with Crippen molar-refractivity contribution in [3.05, 3.63) is 33.4 Å². The Morgan fingerprint density at radius 3 is 2.53 bits per heavy atom. The summed E-state index contributed by atoms with van der Waals surface area (Å²) in [5, 5.41) is 3.39. The van der Waals surface area contributed by atoms with Crippen LogP contribution in [-0.4, -0.2) is 13.6 Å². The van der Waals surface area contributed by atoms with Crippen molar-refractivity contribution in [1.29, 1.82) is 0 Å². The Bertz CT molecular complexity index is 396. The van der Waals surface area contributed by atoms with E-state index in [9.17, 15) is 0 Å². The summed E-state index contributed by atoms with van der Waals surface area (Å²) in [7, 11) is 2.09. The quantitative estimate of drug-likeness (QED) is 0.769. The molecule has 0 amide bonds. The van der Waals surface area contributed by atoms with Crippen LogP contribution in [0.15, 0.2) is 24.3 Å². The van der Waals surface area contributed by atoms with Gasteiger partial charge in [0.15, 0.2) is 0 Å². The van der Waals surface area contributed by atoms with E-state index in [2.05, 4.69) is 73.1 Å². The summed E-state index contributed by atoms with van der Waals surface area (Å²) in [6, 6.07) is 9.08. The zero-order valence-electron chi connectivity index (χ0n) is 12.4.